The SMILES string of the molecule is CCCN(Cc1cc(NC(=O)CC)ccc1N(C)C)C(=O)C(C)(C)C. The van der Waals surface area contributed by atoms with Gasteiger partial charge in [-0.25, -0.2) is 0 Å². The maximum atomic E-state index is 12.8. The van der Waals surface area contributed by atoms with Gasteiger partial charge in [0, 0.05) is 50.4 Å². The molecule has 1 aromatic rings. The van der Waals surface area contributed by atoms with Gasteiger partial charge in [0.2, 0.25) is 11.8 Å². The molecule has 0 aliphatic carbocycles. The lowest BCUT2D eigenvalue weighted by Crippen LogP contribution is -2.39. The van der Waals surface area contributed by atoms with Gasteiger partial charge in [-0.15, -0.1) is 0 Å². The van der Waals surface area contributed by atoms with Crippen molar-refractivity contribution in [3.8, 4) is 0 Å². The van der Waals surface area contributed by atoms with E-state index in [1.54, 1.807) is 0 Å². The Kier molecular flexibility index (Phi) is 7.46. The Morgan fingerprint density at radius 1 is 1.12 bits per heavy atom. The van der Waals surface area contributed by atoms with E-state index >= 15 is 0 Å². The summed E-state index contributed by atoms with van der Waals surface area (Å²) in [4.78, 5) is 28.4. The first kappa shape index (κ1) is 21.0. The largest absolute Gasteiger partial charge is 0.377 e. The number of benzene rings is 1. The third-order valence-corrected chi connectivity index (χ3v) is 3.95. The van der Waals surface area contributed by atoms with E-state index in [4.69, 9.17) is 0 Å². The van der Waals surface area contributed by atoms with Crippen molar-refractivity contribution in [2.75, 3.05) is 30.9 Å². The molecule has 0 spiro atoms. The van der Waals surface area contributed by atoms with Crippen LogP contribution in [0.1, 0.15) is 53.0 Å². The lowest BCUT2D eigenvalue weighted by molar-refractivity contribution is -0.140. The van der Waals surface area contributed by atoms with Gasteiger partial charge in [-0.3, -0.25) is 9.59 Å². The fourth-order valence-corrected chi connectivity index (χ4v) is 2.68. The van der Waals surface area contributed by atoms with E-state index in [9.17, 15) is 9.59 Å². The Labute approximate surface area is 152 Å². The Bertz CT molecular complexity index is 603. The van der Waals surface area contributed by atoms with Crippen LogP contribution in [0.25, 0.3) is 0 Å². The van der Waals surface area contributed by atoms with Gasteiger partial charge in [-0.2, -0.15) is 0 Å². The second-order valence-electron chi connectivity index (χ2n) is 7.62. The van der Waals surface area contributed by atoms with Gasteiger partial charge in [0.05, 0.1) is 0 Å². The summed E-state index contributed by atoms with van der Waals surface area (Å²) >= 11 is 0. The monoisotopic (exact) mass is 347 g/mol. The van der Waals surface area contributed by atoms with Crippen LogP contribution in [0.4, 0.5) is 11.4 Å². The molecule has 1 aromatic carbocycles. The molecule has 1 N–H and O–H groups in total. The zero-order valence-electron chi connectivity index (χ0n) is 16.8. The number of carbonyl (C=O) groups excluding carboxylic acids is 2. The highest BCUT2D eigenvalue weighted by atomic mass is 16.2. The van der Waals surface area contributed by atoms with Crippen LogP contribution in [0.3, 0.4) is 0 Å². The second-order valence-corrected chi connectivity index (χ2v) is 7.62. The number of hydrogen-bond donors (Lipinski definition) is 1. The second kappa shape index (κ2) is 8.88. The highest BCUT2D eigenvalue weighted by molar-refractivity contribution is 5.91. The smallest absolute Gasteiger partial charge is 0.228 e. The van der Waals surface area contributed by atoms with Crippen LogP contribution in [-0.4, -0.2) is 37.4 Å². The maximum Gasteiger partial charge on any atom is 0.228 e. The van der Waals surface area contributed by atoms with E-state index in [0.717, 1.165) is 23.4 Å². The van der Waals surface area contributed by atoms with Gasteiger partial charge in [0.1, 0.15) is 0 Å². The molecule has 0 atom stereocenters. The quantitative estimate of drug-likeness (QED) is 0.814. The number of hydrogen-bond acceptors (Lipinski definition) is 3. The minimum absolute atomic E-state index is 0.0141. The molecule has 0 bridgehead atoms. The molecule has 0 saturated heterocycles. The van der Waals surface area contributed by atoms with Crippen LogP contribution < -0.4 is 10.2 Å². The molecule has 0 unspecified atom stereocenters. The molecule has 0 fully saturated rings. The molecular weight excluding hydrogens is 314 g/mol. The summed E-state index contributed by atoms with van der Waals surface area (Å²) in [6.07, 6.45) is 1.35. The summed E-state index contributed by atoms with van der Waals surface area (Å²) < 4.78 is 0. The molecular formula is C20H33N3O2. The van der Waals surface area contributed by atoms with Gasteiger partial charge in [-0.05, 0) is 30.2 Å². The molecule has 0 aliphatic heterocycles. The van der Waals surface area contributed by atoms with Crippen LogP contribution in [0.2, 0.25) is 0 Å². The Hall–Kier alpha value is -2.04. The molecule has 2 amide bonds. The maximum absolute atomic E-state index is 12.8. The Morgan fingerprint density at radius 3 is 2.24 bits per heavy atom. The fourth-order valence-electron chi connectivity index (χ4n) is 2.68. The molecule has 0 radical (unpaired) electrons. The van der Waals surface area contributed by atoms with Crippen LogP contribution >= 0.6 is 0 Å². The van der Waals surface area contributed by atoms with E-state index < -0.39 is 5.41 Å². The zero-order chi connectivity index (χ0) is 19.2. The third kappa shape index (κ3) is 6.07. The fraction of sp³-hybridized carbons (Fsp3) is 0.600. The first-order chi connectivity index (χ1) is 11.6. The van der Waals surface area contributed by atoms with E-state index in [1.807, 2.05) is 69.8 Å². The van der Waals surface area contributed by atoms with Gasteiger partial charge in [0.15, 0.2) is 0 Å². The van der Waals surface area contributed by atoms with Crippen LogP contribution in [0.15, 0.2) is 18.2 Å². The van der Waals surface area contributed by atoms with Crippen molar-refractivity contribution in [2.45, 2.75) is 54.0 Å². The van der Waals surface area contributed by atoms with Crippen molar-refractivity contribution >= 4 is 23.2 Å². The van der Waals surface area contributed by atoms with Crippen molar-refractivity contribution < 1.29 is 9.59 Å². The summed E-state index contributed by atoms with van der Waals surface area (Å²) in [5.41, 5.74) is 2.44. The molecule has 25 heavy (non-hydrogen) atoms. The minimum atomic E-state index is -0.415. The highest BCUT2D eigenvalue weighted by Gasteiger charge is 2.27. The van der Waals surface area contributed by atoms with Crippen molar-refractivity contribution in [3.05, 3.63) is 23.8 Å². The van der Waals surface area contributed by atoms with Gasteiger partial charge in [-0.1, -0.05) is 34.6 Å². The molecule has 5 heteroatoms. The average molecular weight is 348 g/mol. The number of rotatable bonds is 7. The Balaban J connectivity index is 3.19. The number of nitrogens with one attached hydrogen (secondary N) is 1. The first-order valence-corrected chi connectivity index (χ1v) is 8.99. The summed E-state index contributed by atoms with van der Waals surface area (Å²) in [5, 5.41) is 2.90. The van der Waals surface area contributed by atoms with Crippen molar-refractivity contribution in [1.29, 1.82) is 0 Å². The van der Waals surface area contributed by atoms with Gasteiger partial charge >= 0.3 is 0 Å². The summed E-state index contributed by atoms with van der Waals surface area (Å²) in [6, 6.07) is 5.87. The van der Waals surface area contributed by atoms with E-state index in [2.05, 4.69) is 12.2 Å². The third-order valence-electron chi connectivity index (χ3n) is 3.95. The summed E-state index contributed by atoms with van der Waals surface area (Å²) in [7, 11) is 3.97. The average Bonchev–Trinajstić information content (AvgIpc) is 2.52. The standard InChI is InChI=1S/C20H33N3O2/c1-8-12-23(19(25)20(3,4)5)14-15-13-16(21-18(24)9-2)10-11-17(15)22(6)7/h10-11,13H,8-9,12,14H2,1-7H3,(H,21,24). The molecule has 0 aliphatic rings. The van der Waals surface area contributed by atoms with Crippen molar-refractivity contribution in [2.24, 2.45) is 5.41 Å². The molecule has 1 rings (SSSR count). The molecule has 0 heterocycles. The lowest BCUT2D eigenvalue weighted by atomic mass is 9.94. The summed E-state index contributed by atoms with van der Waals surface area (Å²) in [5.74, 6) is 0.127. The topological polar surface area (TPSA) is 52.7 Å². The summed E-state index contributed by atoms with van der Waals surface area (Å²) in [6.45, 7) is 11.0. The van der Waals surface area contributed by atoms with E-state index in [-0.39, 0.29) is 11.8 Å². The first-order valence-electron chi connectivity index (χ1n) is 8.99. The normalized spacial score (nSPS) is 11.2. The van der Waals surface area contributed by atoms with Crippen molar-refractivity contribution in [3.63, 3.8) is 0 Å². The number of carbonyl (C=O) groups is 2. The number of nitrogens with zero attached hydrogens (tertiary/aromatic N) is 2. The molecule has 0 aromatic heterocycles. The highest BCUT2D eigenvalue weighted by Crippen LogP contribution is 2.27. The van der Waals surface area contributed by atoms with Gasteiger partial charge < -0.3 is 15.1 Å². The minimum Gasteiger partial charge on any atom is -0.377 e. The Morgan fingerprint density at radius 2 is 1.76 bits per heavy atom. The van der Waals surface area contributed by atoms with Crippen LogP contribution in [-0.2, 0) is 16.1 Å². The molecule has 0 saturated carbocycles. The number of anilines is 2. The predicted octanol–water partition coefficient (Wildman–Crippen LogP) is 3.89. The lowest BCUT2D eigenvalue weighted by Gasteiger charge is -2.31. The van der Waals surface area contributed by atoms with Crippen molar-refractivity contribution in [1.82, 2.24) is 4.90 Å². The zero-order valence-corrected chi connectivity index (χ0v) is 16.8. The number of amides is 2. The van der Waals surface area contributed by atoms with Gasteiger partial charge in [0.25, 0.3) is 0 Å². The molecule has 5 nitrogen and oxygen atoms in total. The van der Waals surface area contributed by atoms with Crippen LogP contribution in [0.5, 0.6) is 0 Å². The van der Waals surface area contributed by atoms with E-state index in [1.165, 1.54) is 0 Å². The predicted molar refractivity (Wildman–Crippen MR) is 105 cm³/mol. The van der Waals surface area contributed by atoms with Crippen LogP contribution in [0, 0.1) is 5.41 Å². The van der Waals surface area contributed by atoms with E-state index in [0.29, 0.717) is 19.5 Å². The molecule has 140 valence electrons.